The van der Waals surface area contributed by atoms with Crippen LogP contribution in [-0.4, -0.2) is 10.1 Å². The molecule has 1 aliphatic heterocycles. The van der Waals surface area contributed by atoms with Gasteiger partial charge in [-0.25, -0.2) is 0 Å². The highest BCUT2D eigenvalue weighted by Gasteiger charge is 2.29. The number of hydrogen-bond acceptors (Lipinski definition) is 5. The zero-order valence-corrected chi connectivity index (χ0v) is 11.7. The highest BCUT2D eigenvalue weighted by molar-refractivity contribution is 5.37. The fraction of sp³-hybridized carbons (Fsp3) is 0.467. The summed E-state index contributed by atoms with van der Waals surface area (Å²) in [5.74, 6) is 2.28. The molecule has 0 aliphatic carbocycles. The van der Waals surface area contributed by atoms with Gasteiger partial charge in [0, 0.05) is 6.42 Å². The minimum atomic E-state index is -0.218. The molecule has 20 heavy (non-hydrogen) atoms. The lowest BCUT2D eigenvalue weighted by Crippen LogP contribution is -2.19. The monoisotopic (exact) mass is 273 g/mol. The van der Waals surface area contributed by atoms with Crippen LogP contribution in [0.1, 0.15) is 49.7 Å². The van der Waals surface area contributed by atoms with Crippen molar-refractivity contribution in [3.05, 3.63) is 41.5 Å². The minimum Gasteiger partial charge on any atom is -0.482 e. The molecular weight excluding hydrogens is 254 g/mol. The Labute approximate surface area is 118 Å². The second kappa shape index (κ2) is 5.25. The molecule has 2 heterocycles. The lowest BCUT2D eigenvalue weighted by atomic mass is 10.0. The Morgan fingerprint density at radius 1 is 1.40 bits per heavy atom. The Morgan fingerprint density at radius 2 is 2.20 bits per heavy atom. The van der Waals surface area contributed by atoms with E-state index in [1.807, 2.05) is 18.2 Å². The Balaban J connectivity index is 1.76. The van der Waals surface area contributed by atoms with E-state index >= 15 is 0 Å². The molecular formula is C15H19N3O2. The molecule has 2 N–H and O–H groups in total. The number of ether oxygens (including phenoxy) is 1. The first kappa shape index (κ1) is 13.1. The van der Waals surface area contributed by atoms with Crippen LogP contribution in [-0.2, 0) is 6.42 Å². The van der Waals surface area contributed by atoms with Gasteiger partial charge in [0.05, 0.1) is 6.04 Å². The van der Waals surface area contributed by atoms with E-state index in [4.69, 9.17) is 15.0 Å². The van der Waals surface area contributed by atoms with Gasteiger partial charge in [-0.3, -0.25) is 0 Å². The molecule has 3 atom stereocenters. The molecule has 5 heteroatoms. The fourth-order valence-corrected chi connectivity index (χ4v) is 2.34. The number of para-hydroxylation sites is 1. The SMILES string of the molecule is CC[C@H](C)[C@H](N)c1nc(C2Cc3ccccc3O2)no1. The zero-order chi connectivity index (χ0) is 14.1. The van der Waals surface area contributed by atoms with Crippen molar-refractivity contribution < 1.29 is 9.26 Å². The number of nitrogens with zero attached hydrogens (tertiary/aromatic N) is 2. The lowest BCUT2D eigenvalue weighted by Gasteiger charge is -2.13. The van der Waals surface area contributed by atoms with E-state index < -0.39 is 0 Å². The summed E-state index contributed by atoms with van der Waals surface area (Å²) >= 11 is 0. The maximum absolute atomic E-state index is 6.11. The van der Waals surface area contributed by atoms with Crippen molar-refractivity contribution in [2.45, 2.75) is 38.8 Å². The third kappa shape index (κ3) is 2.29. The van der Waals surface area contributed by atoms with Gasteiger partial charge in [-0.1, -0.05) is 43.6 Å². The highest BCUT2D eigenvalue weighted by atomic mass is 16.5. The van der Waals surface area contributed by atoms with Crippen molar-refractivity contribution in [2.75, 3.05) is 0 Å². The Morgan fingerprint density at radius 3 is 2.95 bits per heavy atom. The summed E-state index contributed by atoms with van der Waals surface area (Å²) < 4.78 is 11.1. The Bertz CT molecular complexity index is 571. The first-order valence-electron chi connectivity index (χ1n) is 7.02. The van der Waals surface area contributed by atoms with Crippen LogP contribution in [0.3, 0.4) is 0 Å². The molecule has 0 amide bonds. The number of nitrogens with two attached hydrogens (primary N) is 1. The summed E-state index contributed by atoms with van der Waals surface area (Å²) in [4.78, 5) is 4.42. The van der Waals surface area contributed by atoms with Crippen LogP contribution in [0.15, 0.2) is 28.8 Å². The van der Waals surface area contributed by atoms with Crippen molar-refractivity contribution in [1.82, 2.24) is 10.1 Å². The molecule has 1 unspecified atom stereocenters. The van der Waals surface area contributed by atoms with E-state index in [0.29, 0.717) is 17.6 Å². The van der Waals surface area contributed by atoms with Crippen LogP contribution in [0.5, 0.6) is 5.75 Å². The van der Waals surface area contributed by atoms with Gasteiger partial charge in [-0.15, -0.1) is 0 Å². The number of benzene rings is 1. The third-order valence-electron chi connectivity index (χ3n) is 3.93. The predicted molar refractivity (Wildman–Crippen MR) is 74.2 cm³/mol. The molecule has 0 spiro atoms. The molecule has 0 fully saturated rings. The molecule has 3 rings (SSSR count). The second-order valence-electron chi connectivity index (χ2n) is 5.32. The van der Waals surface area contributed by atoms with Crippen LogP contribution in [0, 0.1) is 5.92 Å². The maximum Gasteiger partial charge on any atom is 0.243 e. The normalized spacial score (nSPS) is 20.2. The van der Waals surface area contributed by atoms with Gasteiger partial charge in [0.1, 0.15) is 5.75 Å². The second-order valence-corrected chi connectivity index (χ2v) is 5.32. The molecule has 1 aliphatic rings. The van der Waals surface area contributed by atoms with Crippen LogP contribution >= 0.6 is 0 Å². The molecule has 106 valence electrons. The molecule has 0 saturated carbocycles. The smallest absolute Gasteiger partial charge is 0.243 e. The summed E-state index contributed by atoms with van der Waals surface area (Å²) in [6.45, 7) is 4.18. The standard InChI is InChI=1S/C15H19N3O2/c1-3-9(2)13(16)15-17-14(18-20-15)12-8-10-6-4-5-7-11(10)19-12/h4-7,9,12-13H,3,8,16H2,1-2H3/t9-,12?,13-/m0/s1. The van der Waals surface area contributed by atoms with Gasteiger partial charge in [0.25, 0.3) is 0 Å². The van der Waals surface area contributed by atoms with Gasteiger partial charge in [0.15, 0.2) is 6.10 Å². The van der Waals surface area contributed by atoms with E-state index in [0.717, 1.165) is 18.6 Å². The largest absolute Gasteiger partial charge is 0.482 e. The predicted octanol–water partition coefficient (Wildman–Crippen LogP) is 2.79. The topological polar surface area (TPSA) is 74.2 Å². The van der Waals surface area contributed by atoms with E-state index in [1.165, 1.54) is 5.56 Å². The zero-order valence-electron chi connectivity index (χ0n) is 11.7. The number of hydrogen-bond donors (Lipinski definition) is 1. The van der Waals surface area contributed by atoms with E-state index in [1.54, 1.807) is 0 Å². The van der Waals surface area contributed by atoms with Crippen LogP contribution in [0.2, 0.25) is 0 Å². The van der Waals surface area contributed by atoms with Gasteiger partial charge < -0.3 is 15.0 Å². The average Bonchev–Trinajstić information content (AvgIpc) is 3.11. The van der Waals surface area contributed by atoms with Crippen LogP contribution in [0.25, 0.3) is 0 Å². The first-order chi connectivity index (χ1) is 9.69. The molecule has 2 aromatic rings. The van der Waals surface area contributed by atoms with E-state index in [9.17, 15) is 0 Å². The van der Waals surface area contributed by atoms with Gasteiger partial charge in [0.2, 0.25) is 11.7 Å². The third-order valence-corrected chi connectivity index (χ3v) is 3.93. The van der Waals surface area contributed by atoms with Crippen molar-refractivity contribution in [3.63, 3.8) is 0 Å². The van der Waals surface area contributed by atoms with Crippen molar-refractivity contribution in [3.8, 4) is 5.75 Å². The molecule has 0 bridgehead atoms. The summed E-state index contributed by atoms with van der Waals surface area (Å²) in [5, 5.41) is 4.03. The van der Waals surface area contributed by atoms with Gasteiger partial charge in [-0.2, -0.15) is 4.98 Å². The number of rotatable bonds is 4. The Kier molecular flexibility index (Phi) is 3.44. The molecule has 5 nitrogen and oxygen atoms in total. The van der Waals surface area contributed by atoms with Crippen molar-refractivity contribution in [2.24, 2.45) is 11.7 Å². The van der Waals surface area contributed by atoms with Crippen molar-refractivity contribution >= 4 is 0 Å². The van der Waals surface area contributed by atoms with Crippen LogP contribution in [0.4, 0.5) is 0 Å². The van der Waals surface area contributed by atoms with Crippen LogP contribution < -0.4 is 10.5 Å². The minimum absolute atomic E-state index is 0.172. The molecule has 0 radical (unpaired) electrons. The summed E-state index contributed by atoms with van der Waals surface area (Å²) in [6, 6.07) is 7.76. The lowest BCUT2D eigenvalue weighted by molar-refractivity contribution is 0.220. The van der Waals surface area contributed by atoms with Gasteiger partial charge >= 0.3 is 0 Å². The average molecular weight is 273 g/mol. The summed E-state index contributed by atoms with van der Waals surface area (Å²) in [6.07, 6.45) is 1.58. The molecule has 1 aromatic carbocycles. The highest BCUT2D eigenvalue weighted by Crippen LogP contribution is 2.35. The van der Waals surface area contributed by atoms with Gasteiger partial charge in [-0.05, 0) is 17.5 Å². The summed E-state index contributed by atoms with van der Waals surface area (Å²) in [5.41, 5.74) is 7.28. The molecule has 0 saturated heterocycles. The summed E-state index contributed by atoms with van der Waals surface area (Å²) in [7, 11) is 0. The van der Waals surface area contributed by atoms with Crippen molar-refractivity contribution in [1.29, 1.82) is 0 Å². The fourth-order valence-electron chi connectivity index (χ4n) is 2.34. The number of aromatic nitrogens is 2. The molecule has 1 aromatic heterocycles. The Hall–Kier alpha value is -1.88. The maximum atomic E-state index is 6.11. The number of fused-ring (bicyclic) bond motifs is 1. The van der Waals surface area contributed by atoms with E-state index in [2.05, 4.69) is 30.1 Å². The van der Waals surface area contributed by atoms with E-state index in [-0.39, 0.29) is 12.1 Å². The first-order valence-corrected chi connectivity index (χ1v) is 7.02. The quantitative estimate of drug-likeness (QED) is 0.927.